The van der Waals surface area contributed by atoms with Gasteiger partial charge in [0.05, 0.1) is 5.25 Å². The summed E-state index contributed by atoms with van der Waals surface area (Å²) in [6.45, 7) is 3.31. The van der Waals surface area contributed by atoms with Gasteiger partial charge in [0.1, 0.15) is 23.6 Å². The molecule has 0 radical (unpaired) electrons. The Morgan fingerprint density at radius 2 is 1.97 bits per heavy atom. The average molecular weight is 525 g/mol. The van der Waals surface area contributed by atoms with Crippen LogP contribution < -0.4 is 5.32 Å². The summed E-state index contributed by atoms with van der Waals surface area (Å²) < 4.78 is 0. The monoisotopic (exact) mass is 524 g/mol. The summed E-state index contributed by atoms with van der Waals surface area (Å²) in [5, 5.41) is 23.1. The molecule has 3 aromatic rings. The lowest BCUT2D eigenvalue weighted by Crippen LogP contribution is -2.47. The first-order valence-electron chi connectivity index (χ1n) is 12.0. The van der Waals surface area contributed by atoms with E-state index in [4.69, 9.17) is 11.6 Å². The van der Waals surface area contributed by atoms with E-state index in [1.807, 2.05) is 36.4 Å². The number of aromatic amines is 1. The average Bonchev–Trinajstić information content (AvgIpc) is 3.55. The first-order chi connectivity index (χ1) is 17.3. The highest BCUT2D eigenvalue weighted by Crippen LogP contribution is 2.59. The van der Waals surface area contributed by atoms with Crippen molar-refractivity contribution in [2.45, 2.75) is 30.6 Å². The molecule has 1 amide bonds. The van der Waals surface area contributed by atoms with E-state index in [1.54, 1.807) is 18.0 Å². The number of rotatable bonds is 6. The van der Waals surface area contributed by atoms with Gasteiger partial charge >= 0.3 is 0 Å². The number of aromatic nitrogens is 4. The zero-order valence-corrected chi connectivity index (χ0v) is 21.8. The van der Waals surface area contributed by atoms with Crippen molar-refractivity contribution in [3.05, 3.63) is 77.0 Å². The van der Waals surface area contributed by atoms with Gasteiger partial charge in [0.15, 0.2) is 0 Å². The number of amides is 1. The second-order valence-corrected chi connectivity index (χ2v) is 11.1. The van der Waals surface area contributed by atoms with Crippen molar-refractivity contribution in [2.75, 3.05) is 25.5 Å². The molecule has 3 unspecified atom stereocenters. The predicted octanol–water partition coefficient (Wildman–Crippen LogP) is 4.49. The number of thioether (sulfide) groups is 1. The molecule has 188 valence electrons. The van der Waals surface area contributed by atoms with Crippen LogP contribution in [-0.2, 0) is 10.4 Å². The predicted molar refractivity (Wildman–Crippen MR) is 142 cm³/mol. The minimum Gasteiger partial charge on any atom is -0.384 e. The minimum atomic E-state index is -1.15. The van der Waals surface area contributed by atoms with Crippen molar-refractivity contribution in [1.29, 1.82) is 0 Å². The molecule has 0 spiro atoms. The fraction of sp³-hybridized carbons (Fsp3) is 0.385. The molecule has 36 heavy (non-hydrogen) atoms. The molecular formula is C26H29ClN6O2S. The SMILES string of the molecule is CC(=O)Nc1cc(C2=CC(C(O)(c3ccc(Cl)cc3)C3CCN(C)CC3)C(c3ncn[nH]3)S2)ccn1. The molecule has 4 heterocycles. The van der Waals surface area contributed by atoms with E-state index in [0.717, 1.165) is 42.0 Å². The van der Waals surface area contributed by atoms with Crippen LogP contribution in [-0.4, -0.2) is 56.2 Å². The molecule has 2 aromatic heterocycles. The van der Waals surface area contributed by atoms with Gasteiger partial charge in [-0.25, -0.2) is 9.97 Å². The zero-order valence-electron chi connectivity index (χ0n) is 20.2. The smallest absolute Gasteiger partial charge is 0.222 e. The summed E-state index contributed by atoms with van der Waals surface area (Å²) in [5.74, 6) is 0.799. The number of hydrogen-bond acceptors (Lipinski definition) is 7. The van der Waals surface area contributed by atoms with Crippen LogP contribution in [0, 0.1) is 11.8 Å². The van der Waals surface area contributed by atoms with Crippen LogP contribution in [0.1, 0.15) is 42.0 Å². The van der Waals surface area contributed by atoms with Gasteiger partial charge in [0.2, 0.25) is 5.91 Å². The molecule has 0 bridgehead atoms. The molecule has 2 aliphatic rings. The van der Waals surface area contributed by atoms with E-state index in [1.165, 1.54) is 13.3 Å². The van der Waals surface area contributed by atoms with E-state index in [2.05, 4.69) is 43.5 Å². The number of piperidine rings is 1. The maximum atomic E-state index is 12.7. The molecule has 8 nitrogen and oxygen atoms in total. The highest BCUT2D eigenvalue weighted by Gasteiger charge is 2.51. The lowest BCUT2D eigenvalue weighted by molar-refractivity contribution is -0.114. The number of likely N-dealkylation sites (tertiary alicyclic amines) is 1. The number of H-pyrrole nitrogens is 1. The second kappa shape index (κ2) is 10.3. The molecule has 5 rings (SSSR count). The first-order valence-corrected chi connectivity index (χ1v) is 13.2. The Balaban J connectivity index is 1.60. The number of pyridine rings is 1. The quantitative estimate of drug-likeness (QED) is 0.436. The fourth-order valence-electron chi connectivity index (χ4n) is 5.30. The highest BCUT2D eigenvalue weighted by atomic mass is 35.5. The van der Waals surface area contributed by atoms with Crippen molar-refractivity contribution >= 4 is 40.0 Å². The molecule has 0 saturated carbocycles. The lowest BCUT2D eigenvalue weighted by atomic mass is 9.67. The number of benzene rings is 1. The van der Waals surface area contributed by atoms with Gasteiger partial charge in [-0.3, -0.25) is 9.89 Å². The van der Waals surface area contributed by atoms with Crippen LogP contribution in [0.5, 0.6) is 0 Å². The molecule has 1 saturated heterocycles. The maximum absolute atomic E-state index is 12.7. The van der Waals surface area contributed by atoms with Crippen molar-refractivity contribution < 1.29 is 9.90 Å². The number of nitrogens with one attached hydrogen (secondary N) is 2. The van der Waals surface area contributed by atoms with Crippen LogP contribution in [0.2, 0.25) is 5.02 Å². The minimum absolute atomic E-state index is 0.0499. The third-order valence-corrected chi connectivity index (χ3v) is 8.77. The largest absolute Gasteiger partial charge is 0.384 e. The van der Waals surface area contributed by atoms with Crippen LogP contribution in [0.15, 0.2) is 55.0 Å². The molecule has 3 N–H and O–H groups in total. The van der Waals surface area contributed by atoms with Crippen LogP contribution >= 0.6 is 23.4 Å². The molecule has 1 aromatic carbocycles. The number of carbonyl (C=O) groups is 1. The van der Waals surface area contributed by atoms with Crippen molar-refractivity contribution in [1.82, 2.24) is 25.1 Å². The van der Waals surface area contributed by atoms with Crippen LogP contribution in [0.3, 0.4) is 0 Å². The Hall–Kier alpha value is -2.72. The van der Waals surface area contributed by atoms with E-state index < -0.39 is 5.60 Å². The number of halogens is 1. The summed E-state index contributed by atoms with van der Waals surface area (Å²) in [4.78, 5) is 23.6. The molecule has 3 atom stereocenters. The molecule has 10 heteroatoms. The summed E-state index contributed by atoms with van der Waals surface area (Å²) in [6.07, 6.45) is 7.10. The van der Waals surface area contributed by atoms with Crippen molar-refractivity contribution in [2.24, 2.45) is 11.8 Å². The Labute approximate surface area is 219 Å². The standard InChI is InChI=1S/C26H29ClN6O2S/c1-16(34)31-23-13-17(7-10-28-23)22-14-21(24(36-22)25-29-15-30-32-25)26(35,18-3-5-20(27)6-4-18)19-8-11-33(2)12-9-19/h3-7,10,13-15,19,21,24,35H,8-9,11-12H2,1-2H3,(H,28,31,34)(H,29,30,32). The second-order valence-electron chi connectivity index (χ2n) is 9.49. The van der Waals surface area contributed by atoms with Gasteiger partial charge in [-0.1, -0.05) is 29.8 Å². The lowest BCUT2D eigenvalue weighted by Gasteiger charge is -2.45. The number of aliphatic hydroxyl groups is 1. The van der Waals surface area contributed by atoms with Gasteiger partial charge in [-0.15, -0.1) is 11.8 Å². The Kier molecular flexibility index (Phi) is 7.16. The number of nitrogens with zero attached hydrogens (tertiary/aromatic N) is 4. The fourth-order valence-corrected chi connectivity index (χ4v) is 6.84. The third-order valence-electron chi connectivity index (χ3n) is 7.12. The highest BCUT2D eigenvalue weighted by molar-refractivity contribution is 8.08. The molecule has 2 aliphatic heterocycles. The summed E-state index contributed by atoms with van der Waals surface area (Å²) >= 11 is 7.86. The van der Waals surface area contributed by atoms with E-state index in [0.29, 0.717) is 16.7 Å². The van der Waals surface area contributed by atoms with E-state index >= 15 is 0 Å². The molecule has 0 aliphatic carbocycles. The van der Waals surface area contributed by atoms with Crippen LogP contribution in [0.4, 0.5) is 5.82 Å². The summed E-state index contributed by atoms with van der Waals surface area (Å²) in [6, 6.07) is 11.3. The summed E-state index contributed by atoms with van der Waals surface area (Å²) in [5.41, 5.74) is 0.626. The first kappa shape index (κ1) is 25.0. The van der Waals surface area contributed by atoms with Crippen LogP contribution in [0.25, 0.3) is 4.91 Å². The number of carbonyl (C=O) groups excluding carboxylic acids is 1. The zero-order chi connectivity index (χ0) is 25.3. The van der Waals surface area contributed by atoms with Gasteiger partial charge in [0.25, 0.3) is 0 Å². The Morgan fingerprint density at radius 1 is 1.22 bits per heavy atom. The van der Waals surface area contributed by atoms with Gasteiger partial charge in [0, 0.05) is 29.0 Å². The van der Waals surface area contributed by atoms with Crippen molar-refractivity contribution in [3.8, 4) is 0 Å². The third kappa shape index (κ3) is 4.93. The topological polar surface area (TPSA) is 107 Å². The Bertz CT molecular complexity index is 1240. The van der Waals surface area contributed by atoms with Crippen molar-refractivity contribution in [3.63, 3.8) is 0 Å². The van der Waals surface area contributed by atoms with Gasteiger partial charge in [-0.05, 0) is 74.3 Å². The number of hydrogen-bond donors (Lipinski definition) is 3. The van der Waals surface area contributed by atoms with E-state index in [9.17, 15) is 9.90 Å². The maximum Gasteiger partial charge on any atom is 0.222 e. The van der Waals surface area contributed by atoms with E-state index in [-0.39, 0.29) is 23.0 Å². The van der Waals surface area contributed by atoms with Gasteiger partial charge in [-0.2, -0.15) is 5.10 Å². The molecular weight excluding hydrogens is 496 g/mol. The number of anilines is 1. The Morgan fingerprint density at radius 3 is 2.64 bits per heavy atom. The van der Waals surface area contributed by atoms with Gasteiger partial charge < -0.3 is 15.3 Å². The summed E-state index contributed by atoms with van der Waals surface area (Å²) in [7, 11) is 2.12. The normalized spacial score (nSPS) is 22.7. The molecule has 1 fully saturated rings.